The molecule has 0 saturated carbocycles. The van der Waals surface area contributed by atoms with Crippen molar-refractivity contribution in [2.75, 3.05) is 11.4 Å². The maximum atomic E-state index is 13.1. The van der Waals surface area contributed by atoms with Crippen molar-refractivity contribution in [2.45, 2.75) is 26.9 Å². The normalized spacial score (nSPS) is 11.4. The van der Waals surface area contributed by atoms with Gasteiger partial charge in [0.05, 0.1) is 11.1 Å². The fourth-order valence-electron chi connectivity index (χ4n) is 2.41. The van der Waals surface area contributed by atoms with E-state index in [-0.39, 0.29) is 6.54 Å². The van der Waals surface area contributed by atoms with E-state index in [0.717, 1.165) is 29.6 Å². The van der Waals surface area contributed by atoms with Crippen molar-refractivity contribution in [1.29, 1.82) is 0 Å². The Hall–Kier alpha value is -2.37. The van der Waals surface area contributed by atoms with Crippen LogP contribution in [0, 0.1) is 13.8 Å². The number of benzene rings is 1. The van der Waals surface area contributed by atoms with Gasteiger partial charge in [0.2, 0.25) is 0 Å². The van der Waals surface area contributed by atoms with Crippen LogP contribution in [0.15, 0.2) is 36.7 Å². The molecule has 2 rings (SSSR count). The number of nitrogens with zero attached hydrogens (tertiary/aromatic N) is 2. The van der Waals surface area contributed by atoms with Gasteiger partial charge < -0.3 is 4.90 Å². The Morgan fingerprint density at radius 3 is 2.52 bits per heavy atom. The van der Waals surface area contributed by atoms with E-state index in [2.05, 4.69) is 4.98 Å². The Kier molecular flexibility index (Phi) is 4.73. The minimum Gasteiger partial charge on any atom is -0.308 e. The van der Waals surface area contributed by atoms with Gasteiger partial charge in [0.15, 0.2) is 0 Å². The van der Waals surface area contributed by atoms with Gasteiger partial charge in [0.1, 0.15) is 0 Å². The van der Waals surface area contributed by atoms with Gasteiger partial charge in [0, 0.05) is 24.6 Å². The number of alkyl halides is 3. The number of rotatable bonds is 3. The average Bonchev–Trinajstić information content (AvgIpc) is 2.51. The molecule has 0 fully saturated rings. The number of aryl methyl sites for hydroxylation is 1. The van der Waals surface area contributed by atoms with Crippen molar-refractivity contribution in [3.63, 3.8) is 0 Å². The summed E-state index contributed by atoms with van der Waals surface area (Å²) >= 11 is 0. The molecular formula is C17H17F3N2O. The van der Waals surface area contributed by atoms with Crippen molar-refractivity contribution in [2.24, 2.45) is 0 Å². The van der Waals surface area contributed by atoms with Crippen LogP contribution in [0.2, 0.25) is 0 Å². The van der Waals surface area contributed by atoms with E-state index in [9.17, 15) is 18.0 Å². The van der Waals surface area contributed by atoms with Crippen LogP contribution in [0.1, 0.15) is 34.0 Å². The van der Waals surface area contributed by atoms with E-state index >= 15 is 0 Å². The summed E-state index contributed by atoms with van der Waals surface area (Å²) in [5.41, 5.74) is 1.02. The van der Waals surface area contributed by atoms with E-state index in [4.69, 9.17) is 0 Å². The lowest BCUT2D eigenvalue weighted by Gasteiger charge is -2.25. The summed E-state index contributed by atoms with van der Waals surface area (Å²) in [6.07, 6.45) is -2.60. The molecule has 2 aromatic rings. The van der Waals surface area contributed by atoms with Crippen LogP contribution in [0.3, 0.4) is 0 Å². The van der Waals surface area contributed by atoms with Crippen LogP contribution >= 0.6 is 0 Å². The van der Waals surface area contributed by atoms with Gasteiger partial charge >= 0.3 is 6.18 Å². The molecule has 0 unspecified atom stereocenters. The highest BCUT2D eigenvalue weighted by Gasteiger charge is 2.36. The van der Waals surface area contributed by atoms with Crippen LogP contribution in [0.25, 0.3) is 0 Å². The molecular weight excluding hydrogens is 305 g/mol. The topological polar surface area (TPSA) is 33.2 Å². The number of carbonyl (C=O) groups is 1. The second kappa shape index (κ2) is 6.40. The number of carbonyl (C=O) groups excluding carboxylic acids is 1. The Morgan fingerprint density at radius 1 is 1.22 bits per heavy atom. The van der Waals surface area contributed by atoms with Gasteiger partial charge in [-0.3, -0.25) is 9.78 Å². The first kappa shape index (κ1) is 17.0. The molecule has 23 heavy (non-hydrogen) atoms. The Morgan fingerprint density at radius 2 is 1.91 bits per heavy atom. The first-order valence-electron chi connectivity index (χ1n) is 7.16. The largest absolute Gasteiger partial charge is 0.417 e. The number of amides is 1. The third-order valence-electron chi connectivity index (χ3n) is 3.79. The van der Waals surface area contributed by atoms with Gasteiger partial charge in [-0.2, -0.15) is 13.2 Å². The van der Waals surface area contributed by atoms with Crippen molar-refractivity contribution in [3.8, 4) is 0 Å². The van der Waals surface area contributed by atoms with E-state index in [0.29, 0.717) is 5.69 Å². The predicted octanol–water partition coefficient (Wildman–Crippen LogP) is 4.38. The predicted molar refractivity (Wildman–Crippen MR) is 82.5 cm³/mol. The second-order valence-electron chi connectivity index (χ2n) is 5.19. The monoisotopic (exact) mass is 322 g/mol. The molecule has 0 radical (unpaired) electrons. The highest BCUT2D eigenvalue weighted by atomic mass is 19.4. The summed E-state index contributed by atoms with van der Waals surface area (Å²) < 4.78 is 39.4. The number of aromatic nitrogens is 1. The van der Waals surface area contributed by atoms with Gasteiger partial charge in [-0.1, -0.05) is 12.1 Å². The fraction of sp³-hybridized carbons (Fsp3) is 0.294. The SMILES string of the molecule is CCN(C(=O)c1cnccc1C(F)(F)F)c1cccc(C)c1C. The quantitative estimate of drug-likeness (QED) is 0.840. The second-order valence-corrected chi connectivity index (χ2v) is 5.19. The maximum absolute atomic E-state index is 13.1. The van der Waals surface area contributed by atoms with Crippen LogP contribution in [-0.4, -0.2) is 17.4 Å². The molecule has 0 atom stereocenters. The fourth-order valence-corrected chi connectivity index (χ4v) is 2.41. The van der Waals surface area contributed by atoms with Crippen LogP contribution in [0.5, 0.6) is 0 Å². The van der Waals surface area contributed by atoms with Crippen LogP contribution in [-0.2, 0) is 6.18 Å². The average molecular weight is 322 g/mol. The molecule has 3 nitrogen and oxygen atoms in total. The summed E-state index contributed by atoms with van der Waals surface area (Å²) in [6, 6.07) is 6.22. The van der Waals surface area contributed by atoms with Crippen LogP contribution in [0.4, 0.5) is 18.9 Å². The number of hydrogen-bond acceptors (Lipinski definition) is 2. The third-order valence-corrected chi connectivity index (χ3v) is 3.79. The minimum atomic E-state index is -4.60. The van der Waals surface area contributed by atoms with Gasteiger partial charge in [-0.05, 0) is 44.0 Å². The van der Waals surface area contributed by atoms with Crippen molar-refractivity contribution >= 4 is 11.6 Å². The first-order chi connectivity index (χ1) is 10.8. The van der Waals surface area contributed by atoms with Gasteiger partial charge in [0.25, 0.3) is 5.91 Å². The summed E-state index contributed by atoms with van der Waals surface area (Å²) in [4.78, 5) is 17.7. The highest BCUT2D eigenvalue weighted by Crippen LogP contribution is 2.33. The first-order valence-corrected chi connectivity index (χ1v) is 7.16. The minimum absolute atomic E-state index is 0.259. The molecule has 0 N–H and O–H groups in total. The maximum Gasteiger partial charge on any atom is 0.417 e. The highest BCUT2D eigenvalue weighted by molar-refractivity contribution is 6.07. The van der Waals surface area contributed by atoms with E-state index in [1.54, 1.807) is 19.1 Å². The van der Waals surface area contributed by atoms with E-state index < -0.39 is 23.2 Å². The van der Waals surface area contributed by atoms with Crippen molar-refractivity contribution < 1.29 is 18.0 Å². The lowest BCUT2D eigenvalue weighted by molar-refractivity contribution is -0.138. The number of pyridine rings is 1. The molecule has 0 spiro atoms. The molecule has 0 saturated heterocycles. The summed E-state index contributed by atoms with van der Waals surface area (Å²) in [5, 5.41) is 0. The summed E-state index contributed by atoms with van der Waals surface area (Å²) in [7, 11) is 0. The zero-order valence-electron chi connectivity index (χ0n) is 13.1. The van der Waals surface area contributed by atoms with Crippen LogP contribution < -0.4 is 4.90 Å². The molecule has 0 bridgehead atoms. The molecule has 0 aliphatic carbocycles. The number of anilines is 1. The van der Waals surface area contributed by atoms with E-state index in [1.165, 1.54) is 4.90 Å². The Balaban J connectivity index is 2.52. The standard InChI is InChI=1S/C17H17F3N2O/c1-4-22(15-7-5-6-11(2)12(15)3)16(23)13-10-21-9-8-14(13)17(18,19)20/h5-10H,4H2,1-3H3. The van der Waals surface area contributed by atoms with Crippen molar-refractivity contribution in [3.05, 3.63) is 58.9 Å². The van der Waals surface area contributed by atoms with E-state index in [1.807, 2.05) is 19.9 Å². The third kappa shape index (κ3) is 3.36. The molecule has 122 valence electrons. The summed E-state index contributed by atoms with van der Waals surface area (Å²) in [6.45, 7) is 5.72. The van der Waals surface area contributed by atoms with Crippen molar-refractivity contribution in [1.82, 2.24) is 4.98 Å². The molecule has 1 aromatic heterocycles. The number of halogens is 3. The molecule has 0 aliphatic heterocycles. The lowest BCUT2D eigenvalue weighted by atomic mass is 10.0. The molecule has 0 aliphatic rings. The smallest absolute Gasteiger partial charge is 0.308 e. The molecule has 6 heteroatoms. The number of hydrogen-bond donors (Lipinski definition) is 0. The van der Waals surface area contributed by atoms with Gasteiger partial charge in [-0.15, -0.1) is 0 Å². The summed E-state index contributed by atoms with van der Waals surface area (Å²) in [5.74, 6) is -0.707. The lowest BCUT2D eigenvalue weighted by Crippen LogP contribution is -2.33. The van der Waals surface area contributed by atoms with Gasteiger partial charge in [-0.25, -0.2) is 0 Å². The molecule has 1 heterocycles. The molecule has 1 aromatic carbocycles. The zero-order valence-corrected chi connectivity index (χ0v) is 13.1. The zero-order chi connectivity index (χ0) is 17.2. The Labute approximate surface area is 132 Å². The Bertz CT molecular complexity index is 726. The molecule has 1 amide bonds.